The summed E-state index contributed by atoms with van der Waals surface area (Å²) >= 11 is 1.51. The summed E-state index contributed by atoms with van der Waals surface area (Å²) in [7, 11) is 3.26. The van der Waals surface area contributed by atoms with Crippen molar-refractivity contribution in [1.29, 1.82) is 0 Å². The highest BCUT2D eigenvalue weighted by atomic mass is 32.1. The van der Waals surface area contributed by atoms with E-state index in [-0.39, 0.29) is 5.91 Å². The van der Waals surface area contributed by atoms with E-state index in [1.807, 2.05) is 41.1 Å². The Bertz CT molecular complexity index is 935. The maximum atomic E-state index is 12.2. The molecule has 7 nitrogen and oxygen atoms in total. The van der Waals surface area contributed by atoms with Crippen molar-refractivity contribution in [2.75, 3.05) is 34.0 Å². The molecule has 0 saturated carbocycles. The Balaban J connectivity index is 1.74. The maximum absolute atomic E-state index is 12.2. The van der Waals surface area contributed by atoms with Crippen LogP contribution in [0.2, 0.25) is 0 Å². The third-order valence-corrected chi connectivity index (χ3v) is 5.19. The molecule has 0 radical (unpaired) electrons. The van der Waals surface area contributed by atoms with E-state index < -0.39 is 0 Å². The summed E-state index contributed by atoms with van der Waals surface area (Å²) in [5.74, 6) is 1.45. The molecule has 1 aromatic carbocycles. The molecule has 8 heteroatoms. The van der Waals surface area contributed by atoms with Crippen LogP contribution in [0.3, 0.4) is 0 Å². The monoisotopic (exact) mass is 403 g/mol. The molecule has 0 aliphatic rings. The van der Waals surface area contributed by atoms with Crippen molar-refractivity contribution in [2.24, 2.45) is 0 Å². The van der Waals surface area contributed by atoms with Gasteiger partial charge in [-0.05, 0) is 31.5 Å². The Morgan fingerprint density at radius 2 is 2.14 bits per heavy atom. The lowest BCUT2D eigenvalue weighted by Gasteiger charge is -2.08. The number of imidazole rings is 1. The number of rotatable bonds is 10. The molecule has 0 atom stereocenters. The van der Waals surface area contributed by atoms with Gasteiger partial charge in [0.25, 0.3) is 0 Å². The van der Waals surface area contributed by atoms with Gasteiger partial charge in [-0.15, -0.1) is 11.3 Å². The van der Waals surface area contributed by atoms with Crippen molar-refractivity contribution in [3.63, 3.8) is 0 Å². The van der Waals surface area contributed by atoms with Crippen LogP contribution in [0.15, 0.2) is 29.8 Å². The maximum Gasteiger partial charge on any atom is 0.225 e. The van der Waals surface area contributed by atoms with E-state index in [2.05, 4.69) is 10.3 Å². The minimum Gasteiger partial charge on any atom is -0.497 e. The summed E-state index contributed by atoms with van der Waals surface area (Å²) in [6.45, 7) is 3.93. The van der Waals surface area contributed by atoms with Gasteiger partial charge in [0.2, 0.25) is 5.91 Å². The van der Waals surface area contributed by atoms with E-state index in [1.165, 1.54) is 11.3 Å². The number of carbonyl (C=O) groups is 1. The summed E-state index contributed by atoms with van der Waals surface area (Å²) in [5, 5.41) is 4.90. The van der Waals surface area contributed by atoms with Gasteiger partial charge >= 0.3 is 0 Å². The summed E-state index contributed by atoms with van der Waals surface area (Å²) in [5.41, 5.74) is 2.54. The Hall–Kier alpha value is -2.58. The van der Waals surface area contributed by atoms with Crippen LogP contribution >= 0.6 is 11.3 Å². The van der Waals surface area contributed by atoms with Gasteiger partial charge in [-0.2, -0.15) is 0 Å². The molecule has 3 aromatic rings. The second-order valence-corrected chi connectivity index (χ2v) is 6.99. The van der Waals surface area contributed by atoms with Crippen LogP contribution < -0.4 is 14.8 Å². The van der Waals surface area contributed by atoms with Crippen molar-refractivity contribution >= 4 is 22.2 Å². The van der Waals surface area contributed by atoms with Gasteiger partial charge in [0.1, 0.15) is 11.5 Å². The van der Waals surface area contributed by atoms with Gasteiger partial charge in [-0.25, -0.2) is 4.98 Å². The van der Waals surface area contributed by atoms with E-state index in [0.29, 0.717) is 26.2 Å². The number of hydrogen-bond acceptors (Lipinski definition) is 6. The number of fused-ring (bicyclic) bond motifs is 1. The first-order chi connectivity index (χ1) is 13.7. The predicted molar refractivity (Wildman–Crippen MR) is 109 cm³/mol. The zero-order valence-electron chi connectivity index (χ0n) is 16.4. The van der Waals surface area contributed by atoms with Crippen LogP contribution in [0.5, 0.6) is 11.5 Å². The molecule has 0 saturated heterocycles. The van der Waals surface area contributed by atoms with Gasteiger partial charge in [0.15, 0.2) is 4.96 Å². The number of methoxy groups -OCH3 is 2. The van der Waals surface area contributed by atoms with Gasteiger partial charge < -0.3 is 19.5 Å². The normalized spacial score (nSPS) is 11.0. The third kappa shape index (κ3) is 4.63. The average molecular weight is 404 g/mol. The van der Waals surface area contributed by atoms with Crippen molar-refractivity contribution in [1.82, 2.24) is 14.7 Å². The van der Waals surface area contributed by atoms with Gasteiger partial charge in [0, 0.05) is 42.6 Å². The van der Waals surface area contributed by atoms with E-state index >= 15 is 0 Å². The second kappa shape index (κ2) is 9.57. The van der Waals surface area contributed by atoms with E-state index in [0.717, 1.165) is 39.8 Å². The lowest BCUT2D eigenvalue weighted by molar-refractivity contribution is -0.120. The molecule has 1 amide bonds. The molecule has 2 aromatic heterocycles. The second-order valence-electron chi connectivity index (χ2n) is 6.15. The molecule has 2 heterocycles. The van der Waals surface area contributed by atoms with Crippen LogP contribution in [-0.2, 0) is 16.0 Å². The first kappa shape index (κ1) is 20.2. The fourth-order valence-corrected chi connectivity index (χ4v) is 3.75. The minimum absolute atomic E-state index is 0.00888. The van der Waals surface area contributed by atoms with E-state index in [1.54, 1.807) is 14.2 Å². The van der Waals surface area contributed by atoms with Gasteiger partial charge in [0.05, 0.1) is 26.3 Å². The number of hydrogen-bond donors (Lipinski definition) is 1. The lowest BCUT2D eigenvalue weighted by atomic mass is 10.1. The number of ether oxygens (including phenoxy) is 3. The fraction of sp³-hybridized carbons (Fsp3) is 0.400. The predicted octanol–water partition coefficient (Wildman–Crippen LogP) is 3.17. The molecule has 28 heavy (non-hydrogen) atoms. The Morgan fingerprint density at radius 3 is 2.89 bits per heavy atom. The zero-order valence-corrected chi connectivity index (χ0v) is 17.2. The minimum atomic E-state index is -0.00888. The highest BCUT2D eigenvalue weighted by molar-refractivity contribution is 7.15. The first-order valence-corrected chi connectivity index (χ1v) is 10.1. The molecular weight excluding hydrogens is 378 g/mol. The average Bonchev–Trinajstić information content (AvgIpc) is 3.29. The fourth-order valence-electron chi connectivity index (χ4n) is 2.87. The molecule has 0 unspecified atom stereocenters. The third-order valence-electron chi connectivity index (χ3n) is 4.30. The standard InChI is InChI=1S/C20H25N3O4S/c1-4-27-9-5-8-21-19(24)10-14-13-28-20-22-17(12-23(14)20)16-11-15(25-2)6-7-18(16)26-3/h6-7,11-13H,4-5,8-10H2,1-3H3,(H,21,24). The SMILES string of the molecule is CCOCCCNC(=O)Cc1csc2nc(-c3cc(OC)ccc3OC)cn12. The number of benzene rings is 1. The van der Waals surface area contributed by atoms with Gasteiger partial charge in [-0.1, -0.05) is 0 Å². The van der Waals surface area contributed by atoms with Crippen LogP contribution in [-0.4, -0.2) is 49.3 Å². The molecule has 1 N–H and O–H groups in total. The Labute approximate surface area is 168 Å². The molecule has 0 aliphatic carbocycles. The smallest absolute Gasteiger partial charge is 0.225 e. The molecule has 0 aliphatic heterocycles. The lowest BCUT2D eigenvalue weighted by Crippen LogP contribution is -2.27. The molecule has 150 valence electrons. The van der Waals surface area contributed by atoms with Crippen LogP contribution in [0.1, 0.15) is 19.0 Å². The number of nitrogens with zero attached hydrogens (tertiary/aromatic N) is 2. The summed E-state index contributed by atoms with van der Waals surface area (Å²) in [6.07, 6.45) is 3.05. The quantitative estimate of drug-likeness (QED) is 0.527. The number of aromatic nitrogens is 2. The van der Waals surface area contributed by atoms with Gasteiger partial charge in [-0.3, -0.25) is 9.20 Å². The van der Waals surface area contributed by atoms with Crippen LogP contribution in [0, 0.1) is 0 Å². The number of thiazole rings is 1. The van der Waals surface area contributed by atoms with E-state index in [9.17, 15) is 4.79 Å². The summed E-state index contributed by atoms with van der Waals surface area (Å²) in [6, 6.07) is 5.61. The van der Waals surface area contributed by atoms with Crippen LogP contribution in [0.4, 0.5) is 0 Å². The number of carbonyl (C=O) groups excluding carboxylic acids is 1. The zero-order chi connectivity index (χ0) is 19.9. The van der Waals surface area contributed by atoms with Crippen molar-refractivity contribution in [3.05, 3.63) is 35.5 Å². The Morgan fingerprint density at radius 1 is 1.29 bits per heavy atom. The van der Waals surface area contributed by atoms with E-state index in [4.69, 9.17) is 14.2 Å². The highest BCUT2D eigenvalue weighted by Crippen LogP contribution is 2.34. The topological polar surface area (TPSA) is 74.1 Å². The highest BCUT2D eigenvalue weighted by Gasteiger charge is 2.15. The molecule has 0 fully saturated rings. The molecular formula is C20H25N3O4S. The van der Waals surface area contributed by atoms with Crippen molar-refractivity contribution in [2.45, 2.75) is 19.8 Å². The first-order valence-electron chi connectivity index (χ1n) is 9.18. The van der Waals surface area contributed by atoms with Crippen molar-refractivity contribution < 1.29 is 19.0 Å². The molecule has 3 rings (SSSR count). The number of nitrogens with one attached hydrogen (secondary N) is 1. The summed E-state index contributed by atoms with van der Waals surface area (Å²) < 4.78 is 18.0. The largest absolute Gasteiger partial charge is 0.497 e. The molecule has 0 bridgehead atoms. The van der Waals surface area contributed by atoms with Crippen molar-refractivity contribution in [3.8, 4) is 22.8 Å². The van der Waals surface area contributed by atoms with Crippen LogP contribution in [0.25, 0.3) is 16.2 Å². The number of amides is 1. The summed E-state index contributed by atoms with van der Waals surface area (Å²) in [4.78, 5) is 17.8. The molecule has 0 spiro atoms. The Kier molecular flexibility index (Phi) is 6.89.